The highest BCUT2D eigenvalue weighted by molar-refractivity contribution is 8.00. The van der Waals surface area contributed by atoms with Gasteiger partial charge < -0.3 is 25.8 Å². The fourth-order valence-electron chi connectivity index (χ4n) is 4.08. The first-order valence-electron chi connectivity index (χ1n) is 10.4. The molecular weight excluding hydrogens is 494 g/mol. The molecule has 5 heterocycles. The molecule has 1 fully saturated rings. The van der Waals surface area contributed by atoms with Gasteiger partial charge in [0, 0.05) is 22.8 Å². The summed E-state index contributed by atoms with van der Waals surface area (Å²) >= 11 is 2.49. The normalized spacial score (nSPS) is 20.0. The second-order valence-electron chi connectivity index (χ2n) is 7.69. The van der Waals surface area contributed by atoms with Gasteiger partial charge in [0.25, 0.3) is 17.5 Å². The first-order valence-corrected chi connectivity index (χ1v) is 12.3. The summed E-state index contributed by atoms with van der Waals surface area (Å²) in [5, 5.41) is 19.6. The van der Waals surface area contributed by atoms with Crippen LogP contribution in [0.2, 0.25) is 0 Å². The molecule has 0 spiro atoms. The summed E-state index contributed by atoms with van der Waals surface area (Å²) in [4.78, 5) is 47.9. The first kappa shape index (κ1) is 22.9. The average molecular weight is 514 g/mol. The quantitative estimate of drug-likeness (QED) is 0.171. The molecule has 180 valence electrons. The number of carbonyl (C=O) groups is 3. The van der Waals surface area contributed by atoms with Crippen molar-refractivity contribution in [2.45, 2.75) is 18.0 Å². The lowest BCUT2D eigenvalue weighted by Gasteiger charge is -2.50. The van der Waals surface area contributed by atoms with Gasteiger partial charge in [-0.05, 0) is 6.07 Å². The van der Waals surface area contributed by atoms with Crippen LogP contribution in [-0.2, 0) is 25.8 Å². The Balaban J connectivity index is 1.37. The molecule has 2 aliphatic rings. The number of imidazole rings is 1. The third-order valence-corrected chi connectivity index (χ3v) is 7.63. The Hall–Kier alpha value is -3.91. The van der Waals surface area contributed by atoms with Crippen molar-refractivity contribution in [3.05, 3.63) is 59.1 Å². The van der Waals surface area contributed by atoms with Crippen molar-refractivity contribution < 1.29 is 28.9 Å². The van der Waals surface area contributed by atoms with Crippen LogP contribution in [0.3, 0.4) is 0 Å². The van der Waals surface area contributed by atoms with E-state index >= 15 is 0 Å². The maximum absolute atomic E-state index is 13.0. The summed E-state index contributed by atoms with van der Waals surface area (Å²) < 4.78 is 3.81. The van der Waals surface area contributed by atoms with Gasteiger partial charge in [0.2, 0.25) is 0 Å². The van der Waals surface area contributed by atoms with E-state index in [4.69, 9.17) is 10.6 Å². The van der Waals surface area contributed by atoms with Crippen molar-refractivity contribution in [3.8, 4) is 0 Å². The molecule has 35 heavy (non-hydrogen) atoms. The summed E-state index contributed by atoms with van der Waals surface area (Å²) in [6, 6.07) is 4.75. The van der Waals surface area contributed by atoms with Crippen molar-refractivity contribution >= 4 is 57.4 Å². The van der Waals surface area contributed by atoms with E-state index < -0.39 is 29.2 Å². The molecule has 5 rings (SSSR count). The lowest BCUT2D eigenvalue weighted by atomic mass is 10.0. The number of hydrogen-bond acceptors (Lipinski definition) is 10. The Labute approximate surface area is 206 Å². The van der Waals surface area contributed by atoms with E-state index in [1.54, 1.807) is 5.38 Å². The number of fused-ring (bicyclic) bond motifs is 2. The van der Waals surface area contributed by atoms with Gasteiger partial charge >= 0.3 is 0 Å². The van der Waals surface area contributed by atoms with E-state index in [9.17, 15) is 19.5 Å². The number of thioether (sulfide) groups is 1. The number of oxime groups is 1. The van der Waals surface area contributed by atoms with Crippen LogP contribution in [0.15, 0.2) is 58.6 Å². The van der Waals surface area contributed by atoms with Crippen molar-refractivity contribution in [3.63, 3.8) is 0 Å². The number of thiazole rings is 1. The van der Waals surface area contributed by atoms with Crippen LogP contribution in [0.4, 0.5) is 5.13 Å². The molecule has 0 saturated carbocycles. The van der Waals surface area contributed by atoms with E-state index in [0.29, 0.717) is 11.3 Å². The number of β-lactam (4-membered cyclic amide) rings is 1. The molecule has 2 unspecified atom stereocenters. The van der Waals surface area contributed by atoms with Gasteiger partial charge in [0.15, 0.2) is 10.8 Å². The number of nitrogens with one attached hydrogen (secondary N) is 1. The zero-order chi connectivity index (χ0) is 24.7. The molecule has 3 aromatic heterocycles. The summed E-state index contributed by atoms with van der Waals surface area (Å²) in [5.74, 6) is -2.32. The SMILES string of the molecule is CO/N=C(/C(=O)NC1C(=O)N2C(C(=O)[O-])=C(C[n+]3ccn4ccccc43)CSC12)c1csc(N)n1. The number of amides is 2. The van der Waals surface area contributed by atoms with E-state index in [0.717, 1.165) is 17.0 Å². The molecule has 3 aromatic rings. The Morgan fingerprint density at radius 1 is 1.40 bits per heavy atom. The van der Waals surface area contributed by atoms with Crippen molar-refractivity contribution in [1.29, 1.82) is 0 Å². The van der Waals surface area contributed by atoms with Crippen LogP contribution in [-0.4, -0.2) is 62.1 Å². The second-order valence-corrected chi connectivity index (χ2v) is 9.68. The summed E-state index contributed by atoms with van der Waals surface area (Å²) in [5.41, 5.74) is 6.97. The van der Waals surface area contributed by atoms with Gasteiger partial charge in [0.1, 0.15) is 43.2 Å². The number of hydrogen-bond donors (Lipinski definition) is 2. The lowest BCUT2D eigenvalue weighted by Crippen LogP contribution is -2.71. The summed E-state index contributed by atoms with van der Waals surface area (Å²) in [6.07, 6.45) is 5.59. The molecule has 0 aliphatic carbocycles. The van der Waals surface area contributed by atoms with Crippen LogP contribution in [0.25, 0.3) is 5.65 Å². The maximum atomic E-state index is 13.0. The van der Waals surface area contributed by atoms with Crippen molar-refractivity contribution in [2.75, 3.05) is 18.6 Å². The fraction of sp³-hybridized carbons (Fsp3) is 0.238. The van der Waals surface area contributed by atoms with Crippen LogP contribution in [0.1, 0.15) is 5.69 Å². The Bertz CT molecular complexity index is 1410. The molecule has 3 N–H and O–H groups in total. The standard InChI is InChI=1S/C21H19N7O5S2/c1-33-25-14(12-10-35-21(22)23-12)17(29)24-15-18(30)28-16(20(31)32)11(9-34-19(15)28)8-27-7-6-26-5-3-2-4-13(26)27/h2-7,10,15,19H,8-9H2,1H3,(H3-,22,23,24,29,31,32)/b25-14+. The van der Waals surface area contributed by atoms with Crippen LogP contribution >= 0.6 is 23.1 Å². The topological polar surface area (TPSA) is 158 Å². The molecule has 2 aliphatic heterocycles. The smallest absolute Gasteiger partial charge is 0.286 e. The predicted octanol–water partition coefficient (Wildman–Crippen LogP) is -1.28. The molecule has 2 atom stereocenters. The van der Waals surface area contributed by atoms with Gasteiger partial charge in [-0.2, -0.15) is 0 Å². The largest absolute Gasteiger partial charge is 0.543 e. The molecule has 0 bridgehead atoms. The number of aromatic nitrogens is 3. The zero-order valence-electron chi connectivity index (χ0n) is 18.3. The number of nitrogens with two attached hydrogens (primary N) is 1. The minimum atomic E-state index is -1.44. The summed E-state index contributed by atoms with van der Waals surface area (Å²) in [7, 11) is 1.28. The molecule has 14 heteroatoms. The summed E-state index contributed by atoms with van der Waals surface area (Å²) in [6.45, 7) is 0.278. The van der Waals surface area contributed by atoms with Crippen molar-refractivity contribution in [1.82, 2.24) is 19.6 Å². The monoisotopic (exact) mass is 513 g/mol. The number of carboxylic acid groups (broad SMARTS) is 1. The molecule has 2 amide bonds. The lowest BCUT2D eigenvalue weighted by molar-refractivity contribution is -0.662. The number of nitrogen functional groups attached to an aromatic ring is 1. The molecule has 0 radical (unpaired) electrons. The van der Waals surface area contributed by atoms with Gasteiger partial charge in [-0.25, -0.2) is 14.0 Å². The van der Waals surface area contributed by atoms with E-state index in [1.165, 1.54) is 23.8 Å². The number of pyridine rings is 1. The molecule has 12 nitrogen and oxygen atoms in total. The number of carbonyl (C=O) groups excluding carboxylic acids is 3. The number of aliphatic carboxylic acids is 1. The average Bonchev–Trinajstić information content (AvgIpc) is 3.46. The van der Waals surface area contributed by atoms with Crippen LogP contribution < -0.4 is 20.7 Å². The highest BCUT2D eigenvalue weighted by Gasteiger charge is 2.53. The number of carboxylic acids is 1. The van der Waals surface area contributed by atoms with Gasteiger partial charge in [-0.1, -0.05) is 11.2 Å². The highest BCUT2D eigenvalue weighted by Crippen LogP contribution is 2.40. The van der Waals surface area contributed by atoms with E-state index in [2.05, 4.69) is 15.5 Å². The number of nitrogens with zero attached hydrogens (tertiary/aromatic N) is 5. The zero-order valence-corrected chi connectivity index (χ0v) is 19.9. The Kier molecular flexibility index (Phi) is 5.90. The highest BCUT2D eigenvalue weighted by atomic mass is 32.2. The van der Waals surface area contributed by atoms with E-state index in [-0.39, 0.29) is 28.8 Å². The molecule has 1 saturated heterocycles. The minimum absolute atomic E-state index is 0.138. The number of rotatable bonds is 7. The van der Waals surface area contributed by atoms with Crippen LogP contribution in [0, 0.1) is 0 Å². The van der Waals surface area contributed by atoms with Crippen molar-refractivity contribution in [2.24, 2.45) is 5.16 Å². The fourth-order valence-corrected chi connectivity index (χ4v) is 5.96. The molecule has 0 aromatic carbocycles. The second kappa shape index (κ2) is 9.03. The Morgan fingerprint density at radius 3 is 2.94 bits per heavy atom. The van der Waals surface area contributed by atoms with Gasteiger partial charge in [-0.15, -0.1) is 23.1 Å². The van der Waals surface area contributed by atoms with Gasteiger partial charge in [0.05, 0.1) is 17.9 Å². The maximum Gasteiger partial charge on any atom is 0.286 e. The molecular formula is C21H19N7O5S2. The number of anilines is 1. The van der Waals surface area contributed by atoms with Crippen LogP contribution in [0.5, 0.6) is 0 Å². The Morgan fingerprint density at radius 2 is 2.23 bits per heavy atom. The predicted molar refractivity (Wildman–Crippen MR) is 125 cm³/mol. The third kappa shape index (κ3) is 4.00. The minimum Gasteiger partial charge on any atom is -0.543 e. The van der Waals surface area contributed by atoms with E-state index in [1.807, 2.05) is 45.8 Å². The third-order valence-electron chi connectivity index (χ3n) is 5.62. The first-order chi connectivity index (χ1) is 16.9. The van der Waals surface area contributed by atoms with Gasteiger partial charge in [-0.3, -0.25) is 14.5 Å².